The summed E-state index contributed by atoms with van der Waals surface area (Å²) in [5.74, 6) is -1.15. The number of benzene rings is 3. The lowest BCUT2D eigenvalue weighted by Crippen LogP contribution is -2.31. The van der Waals surface area contributed by atoms with Crippen molar-refractivity contribution in [2.24, 2.45) is 0 Å². The SMILES string of the molecule is CCCCCC(CCCC)OSOB(O)OCCCC(c1ccc(F)cc1)(c1ccc(F)cc1)c1ccc(F)cc1. The lowest BCUT2D eigenvalue weighted by Gasteiger charge is -2.36. The van der Waals surface area contributed by atoms with E-state index in [0.29, 0.717) is 12.8 Å². The molecule has 1 unspecified atom stereocenters. The Kier molecular flexibility index (Phi) is 14.3. The Morgan fingerprint density at radius 3 is 1.63 bits per heavy atom. The highest BCUT2D eigenvalue weighted by Crippen LogP contribution is 2.43. The molecule has 0 saturated carbocycles. The van der Waals surface area contributed by atoms with Gasteiger partial charge in [-0.05, 0) is 78.8 Å². The van der Waals surface area contributed by atoms with Gasteiger partial charge in [0, 0.05) is 12.0 Å². The van der Waals surface area contributed by atoms with Gasteiger partial charge in [0.15, 0.2) is 0 Å². The number of hydrogen-bond donors (Lipinski definition) is 1. The fourth-order valence-corrected chi connectivity index (χ4v) is 5.56. The number of rotatable bonds is 19. The van der Waals surface area contributed by atoms with Crippen LogP contribution in [0.1, 0.15) is 88.3 Å². The topological polar surface area (TPSA) is 47.9 Å². The molecule has 3 rings (SSSR count). The van der Waals surface area contributed by atoms with Gasteiger partial charge in [-0.25, -0.2) is 13.2 Å². The maximum Gasteiger partial charge on any atom is 0.649 e. The normalized spacial score (nSPS) is 12.4. The van der Waals surface area contributed by atoms with Crippen molar-refractivity contribution in [1.29, 1.82) is 0 Å². The molecule has 0 spiro atoms. The van der Waals surface area contributed by atoms with Gasteiger partial charge in [-0.2, -0.15) is 0 Å². The van der Waals surface area contributed by atoms with Crippen LogP contribution >= 0.6 is 12.3 Å². The predicted octanol–water partition coefficient (Wildman–Crippen LogP) is 8.95. The quantitative estimate of drug-likeness (QED) is 0.0656. The molecular formula is C32H40BF3O4S. The zero-order valence-corrected chi connectivity index (χ0v) is 24.7. The standard InChI is InChI=1S/C32H40BF3O4S/c1-3-5-7-10-31(9-6-4-2)39-41-40-33(37)38-24-8-23-32(25-11-17-28(34)18-12-25,26-13-19-29(35)20-14-26)27-15-21-30(36)22-16-27/h11-22,31,37H,3-10,23-24H2,1-2H3. The zero-order chi connectivity index (χ0) is 29.5. The molecule has 3 aromatic carbocycles. The predicted molar refractivity (Wildman–Crippen MR) is 159 cm³/mol. The van der Waals surface area contributed by atoms with Gasteiger partial charge in [0.25, 0.3) is 0 Å². The van der Waals surface area contributed by atoms with Crippen molar-refractivity contribution in [1.82, 2.24) is 0 Å². The third-order valence-electron chi connectivity index (χ3n) is 7.27. The average molecular weight is 589 g/mol. The summed E-state index contributed by atoms with van der Waals surface area (Å²) in [6.07, 6.45) is 8.36. The van der Waals surface area contributed by atoms with Crippen molar-refractivity contribution in [3.63, 3.8) is 0 Å². The molecule has 9 heteroatoms. The summed E-state index contributed by atoms with van der Waals surface area (Å²) >= 11 is 0.755. The third-order valence-corrected chi connectivity index (χ3v) is 7.87. The summed E-state index contributed by atoms with van der Waals surface area (Å²) in [7, 11) is -1.49. The lowest BCUT2D eigenvalue weighted by atomic mass is 9.67. The van der Waals surface area contributed by atoms with Gasteiger partial charge in [-0.15, -0.1) is 0 Å². The van der Waals surface area contributed by atoms with Crippen LogP contribution in [0.25, 0.3) is 0 Å². The van der Waals surface area contributed by atoms with E-state index < -0.39 is 12.7 Å². The summed E-state index contributed by atoms with van der Waals surface area (Å²) < 4.78 is 58.3. The van der Waals surface area contributed by atoms with Crippen LogP contribution in [0.4, 0.5) is 13.2 Å². The monoisotopic (exact) mass is 588 g/mol. The lowest BCUT2D eigenvalue weighted by molar-refractivity contribution is 0.167. The van der Waals surface area contributed by atoms with Crippen molar-refractivity contribution >= 4 is 19.6 Å². The first-order valence-corrected chi connectivity index (χ1v) is 15.1. The summed E-state index contributed by atoms with van der Waals surface area (Å²) in [5.41, 5.74) is 1.44. The van der Waals surface area contributed by atoms with Gasteiger partial charge >= 0.3 is 7.32 Å². The molecule has 0 aliphatic carbocycles. The Morgan fingerprint density at radius 1 is 0.707 bits per heavy atom. The second kappa shape index (κ2) is 17.6. The van der Waals surface area contributed by atoms with Crippen LogP contribution in [0.5, 0.6) is 0 Å². The fourth-order valence-electron chi connectivity index (χ4n) is 5.09. The molecule has 0 fully saturated rings. The Bertz CT molecular complexity index is 1020. The van der Waals surface area contributed by atoms with Crippen molar-refractivity contribution in [3.05, 3.63) is 107 Å². The number of unbranched alkanes of at least 4 members (excludes halogenated alkanes) is 3. The molecule has 0 aliphatic rings. The molecule has 1 atom stereocenters. The van der Waals surface area contributed by atoms with E-state index >= 15 is 0 Å². The highest BCUT2D eigenvalue weighted by atomic mass is 32.2. The largest absolute Gasteiger partial charge is 0.649 e. The van der Waals surface area contributed by atoms with Crippen molar-refractivity contribution in [2.45, 2.75) is 83.2 Å². The van der Waals surface area contributed by atoms with Gasteiger partial charge in [0.1, 0.15) is 29.8 Å². The highest BCUT2D eigenvalue weighted by Gasteiger charge is 2.36. The molecule has 4 nitrogen and oxygen atoms in total. The average Bonchev–Trinajstić information content (AvgIpc) is 2.97. The summed E-state index contributed by atoms with van der Waals surface area (Å²) in [6, 6.07) is 18.3. The van der Waals surface area contributed by atoms with Crippen LogP contribution in [0.3, 0.4) is 0 Å². The maximum atomic E-state index is 13.9. The molecule has 0 radical (unpaired) electrons. The molecule has 0 aliphatic heterocycles. The van der Waals surface area contributed by atoms with Crippen LogP contribution in [-0.2, 0) is 18.4 Å². The van der Waals surface area contributed by atoms with E-state index in [9.17, 15) is 18.2 Å². The Labute approximate surface area is 247 Å². The van der Waals surface area contributed by atoms with Crippen LogP contribution in [0.2, 0.25) is 0 Å². The molecular weight excluding hydrogens is 548 g/mol. The Balaban J connectivity index is 1.68. The van der Waals surface area contributed by atoms with Crippen LogP contribution in [0.15, 0.2) is 72.8 Å². The smallest absolute Gasteiger partial charge is 0.401 e. The molecule has 222 valence electrons. The van der Waals surface area contributed by atoms with Crippen molar-refractivity contribution in [3.8, 4) is 0 Å². The van der Waals surface area contributed by atoms with E-state index in [1.165, 1.54) is 36.4 Å². The van der Waals surface area contributed by atoms with Crippen LogP contribution < -0.4 is 0 Å². The zero-order valence-electron chi connectivity index (χ0n) is 23.9. The minimum Gasteiger partial charge on any atom is -0.401 e. The van der Waals surface area contributed by atoms with Crippen molar-refractivity contribution in [2.75, 3.05) is 6.61 Å². The number of halogens is 3. The maximum absolute atomic E-state index is 13.9. The number of hydrogen-bond acceptors (Lipinski definition) is 5. The summed E-state index contributed by atoms with van der Waals surface area (Å²) in [6.45, 7) is 4.45. The Morgan fingerprint density at radius 2 is 1.17 bits per heavy atom. The van der Waals surface area contributed by atoms with E-state index in [2.05, 4.69) is 13.8 Å². The van der Waals surface area contributed by atoms with Gasteiger partial charge in [-0.1, -0.05) is 82.3 Å². The first kappa shape index (κ1) is 33.2. The van der Waals surface area contributed by atoms with Gasteiger partial charge in [0.2, 0.25) is 0 Å². The Hall–Kier alpha value is -2.30. The van der Waals surface area contributed by atoms with E-state index in [4.69, 9.17) is 12.9 Å². The molecule has 0 bridgehead atoms. The van der Waals surface area contributed by atoms with Crippen LogP contribution in [-0.4, -0.2) is 25.1 Å². The van der Waals surface area contributed by atoms with E-state index in [-0.39, 0.29) is 30.2 Å². The third kappa shape index (κ3) is 10.2. The second-order valence-corrected chi connectivity index (χ2v) is 10.7. The molecule has 0 saturated heterocycles. The van der Waals surface area contributed by atoms with Gasteiger partial charge < -0.3 is 9.68 Å². The molecule has 0 amide bonds. The van der Waals surface area contributed by atoms with Gasteiger partial charge in [-0.3, -0.25) is 8.28 Å². The highest BCUT2D eigenvalue weighted by molar-refractivity contribution is 7.90. The minimum absolute atomic E-state index is 0.0569. The van der Waals surface area contributed by atoms with E-state index in [0.717, 1.165) is 74.0 Å². The van der Waals surface area contributed by atoms with E-state index in [1.807, 2.05) is 0 Å². The first-order valence-electron chi connectivity index (χ1n) is 14.5. The molecule has 1 N–H and O–H groups in total. The summed E-state index contributed by atoms with van der Waals surface area (Å²) in [5, 5.41) is 10.3. The first-order chi connectivity index (χ1) is 19.9. The fraction of sp³-hybridized carbons (Fsp3) is 0.438. The molecule has 0 heterocycles. The molecule has 0 aromatic heterocycles. The molecule has 3 aromatic rings. The summed E-state index contributed by atoms with van der Waals surface area (Å²) in [4.78, 5) is 0. The van der Waals surface area contributed by atoms with Crippen molar-refractivity contribution < 1.29 is 31.1 Å². The van der Waals surface area contributed by atoms with Crippen LogP contribution in [0, 0.1) is 17.5 Å². The molecule has 41 heavy (non-hydrogen) atoms. The van der Waals surface area contributed by atoms with E-state index in [1.54, 1.807) is 36.4 Å². The second-order valence-electron chi connectivity index (χ2n) is 10.2. The minimum atomic E-state index is -1.49. The van der Waals surface area contributed by atoms with Gasteiger partial charge in [0.05, 0.1) is 6.10 Å².